The van der Waals surface area contributed by atoms with Crippen LogP contribution >= 0.6 is 11.3 Å². The number of thiophene rings is 1. The van der Waals surface area contributed by atoms with Crippen molar-refractivity contribution in [2.45, 2.75) is 39.4 Å². The standard InChI is InChI=1S/C11H16O2S/c1-4-8(3)11(5-2)12-9-6-14-7-10(9)13-11/h6-8H,4-5H2,1-3H3. The first kappa shape index (κ1) is 9.84. The van der Waals surface area contributed by atoms with Crippen LogP contribution in [0.25, 0.3) is 0 Å². The van der Waals surface area contributed by atoms with E-state index >= 15 is 0 Å². The Balaban J connectivity index is 2.23. The number of hydrogen-bond donors (Lipinski definition) is 0. The van der Waals surface area contributed by atoms with Crippen molar-refractivity contribution in [3.8, 4) is 11.5 Å². The van der Waals surface area contributed by atoms with Gasteiger partial charge in [0.15, 0.2) is 11.5 Å². The van der Waals surface area contributed by atoms with E-state index in [0.29, 0.717) is 5.92 Å². The molecule has 1 aromatic heterocycles. The summed E-state index contributed by atoms with van der Waals surface area (Å²) in [5.74, 6) is 1.84. The molecule has 1 atom stereocenters. The van der Waals surface area contributed by atoms with Gasteiger partial charge < -0.3 is 9.47 Å². The van der Waals surface area contributed by atoms with E-state index in [2.05, 4.69) is 20.8 Å². The minimum absolute atomic E-state index is 0.409. The lowest BCUT2D eigenvalue weighted by atomic mass is 9.95. The summed E-state index contributed by atoms with van der Waals surface area (Å²) in [5.41, 5.74) is 0. The molecule has 0 bridgehead atoms. The quantitative estimate of drug-likeness (QED) is 0.761. The largest absolute Gasteiger partial charge is 0.447 e. The van der Waals surface area contributed by atoms with Crippen molar-refractivity contribution in [2.75, 3.05) is 0 Å². The van der Waals surface area contributed by atoms with Crippen LogP contribution in [-0.4, -0.2) is 5.79 Å². The van der Waals surface area contributed by atoms with Gasteiger partial charge in [-0.05, 0) is 6.42 Å². The van der Waals surface area contributed by atoms with E-state index in [1.54, 1.807) is 11.3 Å². The molecule has 0 saturated heterocycles. The van der Waals surface area contributed by atoms with Crippen LogP contribution in [-0.2, 0) is 0 Å². The normalized spacial score (nSPS) is 19.6. The number of ether oxygens (including phenoxy) is 2. The summed E-state index contributed by atoms with van der Waals surface area (Å²) >= 11 is 1.62. The van der Waals surface area contributed by atoms with Crippen LogP contribution in [0.15, 0.2) is 10.8 Å². The SMILES string of the molecule is CCC(C)C1(CC)Oc2cscc2O1. The van der Waals surface area contributed by atoms with E-state index in [-0.39, 0.29) is 0 Å². The minimum Gasteiger partial charge on any atom is -0.447 e. The van der Waals surface area contributed by atoms with Crippen molar-refractivity contribution in [3.63, 3.8) is 0 Å². The fourth-order valence-corrected chi connectivity index (χ4v) is 2.46. The Bertz CT molecular complexity index is 298. The molecule has 0 aliphatic carbocycles. The molecule has 0 fully saturated rings. The van der Waals surface area contributed by atoms with E-state index in [9.17, 15) is 0 Å². The molecule has 2 nitrogen and oxygen atoms in total. The van der Waals surface area contributed by atoms with Gasteiger partial charge in [-0.2, -0.15) is 0 Å². The predicted molar refractivity (Wildman–Crippen MR) is 58.1 cm³/mol. The molecule has 78 valence electrons. The summed E-state index contributed by atoms with van der Waals surface area (Å²) in [6.45, 7) is 6.46. The van der Waals surface area contributed by atoms with Gasteiger partial charge in [-0.15, -0.1) is 11.3 Å². The fourth-order valence-electron chi connectivity index (χ4n) is 1.82. The van der Waals surface area contributed by atoms with Crippen LogP contribution < -0.4 is 9.47 Å². The summed E-state index contributed by atoms with van der Waals surface area (Å²) < 4.78 is 11.8. The molecule has 0 spiro atoms. The first-order valence-corrected chi connectivity index (χ1v) is 6.10. The first-order chi connectivity index (χ1) is 6.72. The third-order valence-corrected chi connectivity index (χ3v) is 3.71. The topological polar surface area (TPSA) is 18.5 Å². The van der Waals surface area contributed by atoms with E-state index < -0.39 is 5.79 Å². The maximum absolute atomic E-state index is 5.92. The van der Waals surface area contributed by atoms with Crippen molar-refractivity contribution in [1.82, 2.24) is 0 Å². The molecule has 0 amide bonds. The first-order valence-electron chi connectivity index (χ1n) is 5.16. The molecular weight excluding hydrogens is 196 g/mol. The Morgan fingerprint density at radius 3 is 2.29 bits per heavy atom. The van der Waals surface area contributed by atoms with Crippen LogP contribution in [0.1, 0.15) is 33.6 Å². The van der Waals surface area contributed by atoms with Gasteiger partial charge >= 0.3 is 0 Å². The molecular formula is C11H16O2S. The summed E-state index contributed by atoms with van der Waals surface area (Å²) in [6.07, 6.45) is 1.96. The average Bonchev–Trinajstić information content (AvgIpc) is 2.74. The van der Waals surface area contributed by atoms with Gasteiger partial charge in [-0.3, -0.25) is 0 Å². The smallest absolute Gasteiger partial charge is 0.253 e. The summed E-state index contributed by atoms with van der Waals surface area (Å²) in [6, 6.07) is 0. The molecule has 3 heteroatoms. The van der Waals surface area contributed by atoms with Crippen LogP contribution in [0.5, 0.6) is 11.5 Å². The molecule has 0 radical (unpaired) electrons. The molecule has 1 aliphatic rings. The minimum atomic E-state index is -0.409. The zero-order valence-corrected chi connectivity index (χ0v) is 9.69. The van der Waals surface area contributed by atoms with Gasteiger partial charge in [0.25, 0.3) is 5.79 Å². The summed E-state index contributed by atoms with van der Waals surface area (Å²) in [4.78, 5) is 0. The van der Waals surface area contributed by atoms with Crippen molar-refractivity contribution in [1.29, 1.82) is 0 Å². The third kappa shape index (κ3) is 1.31. The van der Waals surface area contributed by atoms with Gasteiger partial charge in [0, 0.05) is 23.1 Å². The molecule has 14 heavy (non-hydrogen) atoms. The third-order valence-electron chi connectivity index (χ3n) is 3.01. The van der Waals surface area contributed by atoms with Gasteiger partial charge in [-0.1, -0.05) is 20.8 Å². The van der Waals surface area contributed by atoms with E-state index in [4.69, 9.17) is 9.47 Å². The van der Waals surface area contributed by atoms with Crippen molar-refractivity contribution in [2.24, 2.45) is 5.92 Å². The Labute approximate surface area is 88.8 Å². The molecule has 2 rings (SSSR count). The Morgan fingerprint density at radius 2 is 1.86 bits per heavy atom. The number of rotatable bonds is 3. The predicted octanol–water partition coefficient (Wildman–Crippen LogP) is 3.67. The maximum atomic E-state index is 5.92. The van der Waals surface area contributed by atoms with Gasteiger partial charge in [0.05, 0.1) is 0 Å². The highest BCUT2D eigenvalue weighted by molar-refractivity contribution is 7.08. The van der Waals surface area contributed by atoms with Crippen LogP contribution in [0.3, 0.4) is 0 Å². The van der Waals surface area contributed by atoms with Crippen molar-refractivity contribution >= 4 is 11.3 Å². The van der Waals surface area contributed by atoms with Crippen LogP contribution in [0.4, 0.5) is 0 Å². The molecule has 0 aromatic carbocycles. The molecule has 1 unspecified atom stereocenters. The summed E-state index contributed by atoms with van der Waals surface area (Å²) in [7, 11) is 0. The monoisotopic (exact) mass is 212 g/mol. The molecule has 0 N–H and O–H groups in total. The van der Waals surface area contributed by atoms with Crippen LogP contribution in [0, 0.1) is 5.92 Å². The Morgan fingerprint density at radius 1 is 1.29 bits per heavy atom. The van der Waals surface area contributed by atoms with Gasteiger partial charge in [0.2, 0.25) is 0 Å². The second-order valence-corrected chi connectivity index (χ2v) is 4.52. The highest BCUT2D eigenvalue weighted by Gasteiger charge is 2.44. The summed E-state index contributed by atoms with van der Waals surface area (Å²) in [5, 5.41) is 4.02. The van der Waals surface area contributed by atoms with E-state index in [0.717, 1.165) is 24.3 Å². The Kier molecular flexibility index (Phi) is 2.43. The zero-order valence-electron chi connectivity index (χ0n) is 8.87. The Hall–Kier alpha value is -0.700. The van der Waals surface area contributed by atoms with E-state index in [1.165, 1.54) is 0 Å². The van der Waals surface area contributed by atoms with Gasteiger partial charge in [0.1, 0.15) is 0 Å². The number of fused-ring (bicyclic) bond motifs is 1. The van der Waals surface area contributed by atoms with Crippen LogP contribution in [0.2, 0.25) is 0 Å². The average molecular weight is 212 g/mol. The van der Waals surface area contributed by atoms with E-state index in [1.807, 2.05) is 10.8 Å². The maximum Gasteiger partial charge on any atom is 0.253 e. The zero-order chi connectivity index (χ0) is 10.2. The van der Waals surface area contributed by atoms with Crippen molar-refractivity contribution < 1.29 is 9.47 Å². The molecule has 2 heterocycles. The lowest BCUT2D eigenvalue weighted by Crippen LogP contribution is -2.44. The second-order valence-electron chi connectivity index (χ2n) is 3.78. The number of hydrogen-bond acceptors (Lipinski definition) is 3. The highest BCUT2D eigenvalue weighted by Crippen LogP contribution is 2.46. The fraction of sp³-hybridized carbons (Fsp3) is 0.636. The lowest BCUT2D eigenvalue weighted by Gasteiger charge is -2.32. The van der Waals surface area contributed by atoms with Gasteiger partial charge in [-0.25, -0.2) is 0 Å². The molecule has 0 saturated carbocycles. The lowest BCUT2D eigenvalue weighted by molar-refractivity contribution is -0.124. The molecule has 1 aromatic rings. The molecule has 1 aliphatic heterocycles. The highest BCUT2D eigenvalue weighted by atomic mass is 32.1. The second kappa shape index (κ2) is 3.46. The van der Waals surface area contributed by atoms with Crippen molar-refractivity contribution in [3.05, 3.63) is 10.8 Å².